The summed E-state index contributed by atoms with van der Waals surface area (Å²) >= 11 is 0. The number of hydrogen-bond donors (Lipinski definition) is 2. The molecule has 0 saturated carbocycles. The topological polar surface area (TPSA) is 141 Å². The minimum atomic E-state index is -1.56. The van der Waals surface area contributed by atoms with Crippen LogP contribution in [0.2, 0.25) is 0 Å². The first-order valence-electron chi connectivity index (χ1n) is 4.90. The Kier molecular flexibility index (Phi) is 3.97. The first kappa shape index (κ1) is 13.6. The first-order chi connectivity index (χ1) is 8.42. The Hall–Kier alpha value is -2.45. The zero-order valence-corrected chi connectivity index (χ0v) is 9.71. The number of carbonyl (C=O) groups excluding carboxylic acids is 1. The van der Waals surface area contributed by atoms with Crippen molar-refractivity contribution >= 4 is 24.0 Å². The molecule has 0 spiro atoms. The largest absolute Gasteiger partial charge is 0.478 e. The lowest BCUT2D eigenvalue weighted by atomic mass is 10.1. The van der Waals surface area contributed by atoms with E-state index in [9.17, 15) is 9.59 Å². The molecule has 1 atom stereocenters. The van der Waals surface area contributed by atoms with Gasteiger partial charge in [-0.1, -0.05) is 17.2 Å². The third kappa shape index (κ3) is 2.81. The minimum absolute atomic E-state index is 0.143. The summed E-state index contributed by atoms with van der Waals surface area (Å²) in [4.78, 5) is 26.4. The van der Waals surface area contributed by atoms with Gasteiger partial charge in [-0.15, -0.1) is 5.10 Å². The van der Waals surface area contributed by atoms with Crippen LogP contribution in [0, 0.1) is 0 Å². The number of nitrogens with two attached hydrogens (primary N) is 1. The van der Waals surface area contributed by atoms with Crippen LogP contribution in [0.25, 0.3) is 0 Å². The molecule has 0 bridgehead atoms. The van der Waals surface area contributed by atoms with Crippen LogP contribution in [0.15, 0.2) is 9.57 Å². The van der Waals surface area contributed by atoms with E-state index >= 15 is 0 Å². The molecule has 0 amide bonds. The van der Waals surface area contributed by atoms with Crippen LogP contribution in [-0.2, 0) is 14.4 Å². The number of carbonyl (C=O) groups is 1. The molecule has 0 aliphatic rings. The lowest BCUT2D eigenvalue weighted by molar-refractivity contribution is -0.164. The molecule has 3 N–H and O–H groups in total. The standard InChI is InChI=1S/C9H11N4O5/c1-3-9(2,7(15)16)18-13-5(4-14)6-11-12-8(10)17-6/h3H2,1-2H3,(H2,10,12)(H,15,16)/b13-5+. The fourth-order valence-electron chi connectivity index (χ4n) is 0.833. The summed E-state index contributed by atoms with van der Waals surface area (Å²) in [5.74, 6) is -1.52. The molecule has 0 aromatic carbocycles. The van der Waals surface area contributed by atoms with Crippen molar-refractivity contribution in [3.05, 3.63) is 5.89 Å². The number of aromatic nitrogens is 2. The highest BCUT2D eigenvalue weighted by Crippen LogP contribution is 2.16. The predicted octanol–water partition coefficient (Wildman–Crippen LogP) is -0.265. The van der Waals surface area contributed by atoms with Gasteiger partial charge in [-0.05, 0) is 13.3 Å². The van der Waals surface area contributed by atoms with Crippen molar-refractivity contribution in [3.8, 4) is 0 Å². The number of carboxylic acids is 1. The van der Waals surface area contributed by atoms with Gasteiger partial charge in [0.2, 0.25) is 11.3 Å². The highest BCUT2D eigenvalue weighted by molar-refractivity contribution is 6.34. The molecule has 1 radical (unpaired) electrons. The highest BCUT2D eigenvalue weighted by atomic mass is 16.7. The summed E-state index contributed by atoms with van der Waals surface area (Å²) in [6.07, 6.45) is 1.54. The number of carboxylic acid groups (broad SMARTS) is 1. The Balaban J connectivity index is 2.93. The number of anilines is 1. The molecule has 18 heavy (non-hydrogen) atoms. The maximum atomic E-state index is 10.9. The van der Waals surface area contributed by atoms with E-state index in [4.69, 9.17) is 20.1 Å². The van der Waals surface area contributed by atoms with E-state index in [2.05, 4.69) is 15.4 Å². The summed E-state index contributed by atoms with van der Waals surface area (Å²) in [6, 6.07) is -0.260. The predicted molar refractivity (Wildman–Crippen MR) is 58.4 cm³/mol. The molecule has 1 rings (SSSR count). The number of nitrogen functional groups attached to an aromatic ring is 1. The quantitative estimate of drug-likeness (QED) is 0.522. The van der Waals surface area contributed by atoms with Crippen molar-refractivity contribution in [1.29, 1.82) is 0 Å². The van der Waals surface area contributed by atoms with Gasteiger partial charge in [-0.25, -0.2) is 4.79 Å². The van der Waals surface area contributed by atoms with Gasteiger partial charge in [0.05, 0.1) is 0 Å². The number of hydrogen-bond acceptors (Lipinski definition) is 8. The van der Waals surface area contributed by atoms with Crippen molar-refractivity contribution in [1.82, 2.24) is 10.2 Å². The first-order valence-corrected chi connectivity index (χ1v) is 4.90. The van der Waals surface area contributed by atoms with Gasteiger partial charge >= 0.3 is 12.0 Å². The molecule has 1 aromatic rings. The van der Waals surface area contributed by atoms with Crippen LogP contribution < -0.4 is 5.73 Å². The fourth-order valence-corrected chi connectivity index (χ4v) is 0.833. The van der Waals surface area contributed by atoms with Crippen LogP contribution in [0.4, 0.5) is 6.01 Å². The van der Waals surface area contributed by atoms with Crippen molar-refractivity contribution < 1.29 is 24.0 Å². The lowest BCUT2D eigenvalue weighted by Crippen LogP contribution is -2.36. The van der Waals surface area contributed by atoms with Gasteiger partial charge in [0, 0.05) is 0 Å². The van der Waals surface area contributed by atoms with E-state index in [1.807, 2.05) is 0 Å². The SMILES string of the molecule is CCC(C)(O/N=C(\[C]=O)c1nnc(N)o1)C(=O)O. The molecular weight excluding hydrogens is 244 g/mol. The summed E-state index contributed by atoms with van der Waals surface area (Å²) in [6.45, 7) is 2.90. The summed E-state index contributed by atoms with van der Waals surface area (Å²) < 4.78 is 4.73. The second-order valence-corrected chi connectivity index (χ2v) is 3.47. The average molecular weight is 255 g/mol. The Morgan fingerprint density at radius 1 is 1.67 bits per heavy atom. The van der Waals surface area contributed by atoms with Gasteiger partial charge in [-0.2, -0.15) is 0 Å². The highest BCUT2D eigenvalue weighted by Gasteiger charge is 2.34. The van der Waals surface area contributed by atoms with Crippen LogP contribution in [0.5, 0.6) is 0 Å². The van der Waals surface area contributed by atoms with Crippen molar-refractivity contribution in [2.75, 3.05) is 5.73 Å². The summed E-state index contributed by atoms with van der Waals surface area (Å²) in [7, 11) is 0. The van der Waals surface area contributed by atoms with Crippen molar-refractivity contribution in [2.45, 2.75) is 25.9 Å². The second-order valence-electron chi connectivity index (χ2n) is 3.47. The Morgan fingerprint density at radius 2 is 2.33 bits per heavy atom. The molecule has 97 valence electrons. The maximum Gasteiger partial charge on any atom is 0.350 e. The average Bonchev–Trinajstić information content (AvgIpc) is 2.76. The lowest BCUT2D eigenvalue weighted by Gasteiger charge is -2.19. The van der Waals surface area contributed by atoms with Gasteiger partial charge in [0.25, 0.3) is 12.2 Å². The third-order valence-electron chi connectivity index (χ3n) is 2.21. The monoisotopic (exact) mass is 255 g/mol. The molecule has 9 heteroatoms. The van der Waals surface area contributed by atoms with E-state index in [1.165, 1.54) is 13.2 Å². The molecule has 1 aromatic heterocycles. The molecule has 9 nitrogen and oxygen atoms in total. The molecule has 0 aliphatic heterocycles. The van der Waals surface area contributed by atoms with Crippen molar-refractivity contribution in [3.63, 3.8) is 0 Å². The van der Waals surface area contributed by atoms with E-state index < -0.39 is 17.3 Å². The van der Waals surface area contributed by atoms with Crippen LogP contribution >= 0.6 is 0 Å². The molecular formula is C9H11N4O5. The Bertz CT molecular complexity index is 483. The van der Waals surface area contributed by atoms with E-state index in [0.717, 1.165) is 0 Å². The Morgan fingerprint density at radius 3 is 2.72 bits per heavy atom. The van der Waals surface area contributed by atoms with Gasteiger partial charge < -0.3 is 20.1 Å². The molecule has 0 fully saturated rings. The number of aliphatic carboxylic acids is 1. The van der Waals surface area contributed by atoms with Crippen LogP contribution in [0.1, 0.15) is 26.2 Å². The smallest absolute Gasteiger partial charge is 0.350 e. The molecule has 0 aliphatic carbocycles. The second kappa shape index (κ2) is 5.25. The summed E-state index contributed by atoms with van der Waals surface area (Å²) in [5, 5.41) is 19.0. The zero-order valence-electron chi connectivity index (χ0n) is 9.71. The molecule has 0 saturated heterocycles. The molecule has 1 heterocycles. The van der Waals surface area contributed by atoms with E-state index in [0.29, 0.717) is 0 Å². The normalized spacial score (nSPS) is 14.9. The van der Waals surface area contributed by atoms with Crippen LogP contribution in [-0.4, -0.2) is 38.9 Å². The fraction of sp³-hybridized carbons (Fsp3) is 0.444. The maximum absolute atomic E-state index is 10.9. The van der Waals surface area contributed by atoms with E-state index in [1.54, 1.807) is 6.92 Å². The number of rotatable bonds is 6. The van der Waals surface area contributed by atoms with Gasteiger partial charge in [0.1, 0.15) is 0 Å². The van der Waals surface area contributed by atoms with Crippen molar-refractivity contribution in [2.24, 2.45) is 5.16 Å². The molecule has 1 unspecified atom stereocenters. The van der Waals surface area contributed by atoms with Gasteiger partial charge in [0.15, 0.2) is 0 Å². The Labute approximate surface area is 102 Å². The zero-order chi connectivity index (χ0) is 13.8. The minimum Gasteiger partial charge on any atom is -0.478 e. The summed E-state index contributed by atoms with van der Waals surface area (Å²) in [5.41, 5.74) is 3.15. The third-order valence-corrected chi connectivity index (χ3v) is 2.21. The van der Waals surface area contributed by atoms with Crippen LogP contribution in [0.3, 0.4) is 0 Å². The number of oxime groups is 1. The van der Waals surface area contributed by atoms with Gasteiger partial charge in [-0.3, -0.25) is 4.79 Å². The van der Waals surface area contributed by atoms with E-state index in [-0.39, 0.29) is 18.3 Å². The number of nitrogens with zero attached hydrogens (tertiary/aromatic N) is 3.